The lowest BCUT2D eigenvalue weighted by molar-refractivity contribution is 0.0963. The summed E-state index contributed by atoms with van der Waals surface area (Å²) in [5, 5.41) is 0.650. The second kappa shape index (κ2) is 4.39. The molecular weight excluding hydrogens is 196 g/mol. The van der Waals surface area contributed by atoms with Crippen LogP contribution in [0.3, 0.4) is 0 Å². The second-order valence-electron chi connectivity index (χ2n) is 3.92. The van der Waals surface area contributed by atoms with Gasteiger partial charge in [-0.25, -0.2) is 0 Å². The second-order valence-corrected chi connectivity index (χ2v) is 4.33. The zero-order chi connectivity index (χ0) is 10.6. The molecule has 0 bridgehead atoms. The van der Waals surface area contributed by atoms with Crippen LogP contribution >= 0.6 is 11.6 Å². The minimum Gasteiger partial charge on any atom is -0.441 e. The van der Waals surface area contributed by atoms with Crippen LogP contribution < -0.4 is 0 Å². The van der Waals surface area contributed by atoms with Gasteiger partial charge in [0.2, 0.25) is 0 Å². The number of benzene rings is 1. The minimum absolute atomic E-state index is 0.242. The van der Waals surface area contributed by atoms with Crippen LogP contribution in [0.15, 0.2) is 24.3 Å². The van der Waals surface area contributed by atoms with Crippen molar-refractivity contribution in [1.29, 1.82) is 0 Å². The molecule has 1 aromatic rings. The molecule has 0 fully saturated rings. The van der Waals surface area contributed by atoms with Crippen molar-refractivity contribution in [3.05, 3.63) is 34.9 Å². The van der Waals surface area contributed by atoms with E-state index in [1.165, 1.54) is 0 Å². The highest BCUT2D eigenvalue weighted by Gasteiger charge is 2.07. The Bertz CT molecular complexity index is 366. The molecule has 0 N–H and O–H groups in total. The molecule has 1 aromatic carbocycles. The smallest absolute Gasteiger partial charge is 0.116 e. The molecule has 0 unspecified atom stereocenters. The number of hydrogen-bond donors (Lipinski definition) is 0. The molecule has 2 heteroatoms. The van der Waals surface area contributed by atoms with E-state index in [-0.39, 0.29) is 5.60 Å². The summed E-state index contributed by atoms with van der Waals surface area (Å²) in [4.78, 5) is 0. The number of rotatable bonds is 0. The number of ether oxygens (including phenoxy) is 1. The van der Waals surface area contributed by atoms with E-state index in [0.29, 0.717) is 5.02 Å². The van der Waals surface area contributed by atoms with Gasteiger partial charge >= 0.3 is 0 Å². The molecule has 0 aliphatic heterocycles. The average molecular weight is 209 g/mol. The Hall–Kier alpha value is -1.13. The molecule has 0 amide bonds. The van der Waals surface area contributed by atoms with Crippen LogP contribution in [0.2, 0.25) is 5.02 Å². The quantitative estimate of drug-likeness (QED) is 0.594. The highest BCUT2D eigenvalue weighted by atomic mass is 35.5. The topological polar surface area (TPSA) is 9.23 Å². The van der Waals surface area contributed by atoms with Crippen molar-refractivity contribution >= 4 is 11.6 Å². The first-order chi connectivity index (χ1) is 6.49. The van der Waals surface area contributed by atoms with Crippen molar-refractivity contribution < 1.29 is 4.74 Å². The predicted octanol–water partition coefficient (Wildman–Crippen LogP) is 3.46. The standard InChI is InChI=1S/C12H13ClO/c1-12(2,3)14-9-8-10-6-4-5-7-11(10)13/h4-7H,1-3H3. The van der Waals surface area contributed by atoms with Gasteiger partial charge < -0.3 is 4.74 Å². The Morgan fingerprint density at radius 2 is 1.86 bits per heavy atom. The van der Waals surface area contributed by atoms with E-state index in [4.69, 9.17) is 16.3 Å². The van der Waals surface area contributed by atoms with Gasteiger partial charge in [0.1, 0.15) is 11.7 Å². The van der Waals surface area contributed by atoms with Crippen molar-refractivity contribution in [1.82, 2.24) is 0 Å². The van der Waals surface area contributed by atoms with E-state index in [2.05, 4.69) is 12.0 Å². The molecule has 1 rings (SSSR count). The van der Waals surface area contributed by atoms with Gasteiger partial charge in [0, 0.05) is 5.56 Å². The van der Waals surface area contributed by atoms with Gasteiger partial charge in [0.05, 0.1) is 5.02 Å². The van der Waals surface area contributed by atoms with Gasteiger partial charge in [0.15, 0.2) is 0 Å². The first kappa shape index (κ1) is 10.9. The lowest BCUT2D eigenvalue weighted by Gasteiger charge is -2.14. The molecule has 0 spiro atoms. The summed E-state index contributed by atoms with van der Waals surface area (Å²) in [5.41, 5.74) is 0.548. The van der Waals surface area contributed by atoms with Gasteiger partial charge in [-0.3, -0.25) is 0 Å². The molecule has 14 heavy (non-hydrogen) atoms. The van der Waals surface area contributed by atoms with Gasteiger partial charge in [-0.2, -0.15) is 0 Å². The van der Waals surface area contributed by atoms with Gasteiger partial charge in [-0.15, -0.1) is 0 Å². The van der Waals surface area contributed by atoms with E-state index >= 15 is 0 Å². The SMILES string of the molecule is CC(C)(C)OC#Cc1ccccc1Cl. The third kappa shape index (κ3) is 3.72. The van der Waals surface area contributed by atoms with E-state index in [1.807, 2.05) is 45.0 Å². The van der Waals surface area contributed by atoms with Crippen LogP contribution in [0.1, 0.15) is 26.3 Å². The Morgan fingerprint density at radius 3 is 2.43 bits per heavy atom. The summed E-state index contributed by atoms with van der Waals surface area (Å²) in [6.07, 6.45) is 2.65. The third-order valence-corrected chi connectivity index (χ3v) is 1.75. The summed E-state index contributed by atoms with van der Waals surface area (Å²) in [5.74, 6) is 2.87. The van der Waals surface area contributed by atoms with Crippen LogP contribution in [0.4, 0.5) is 0 Å². The summed E-state index contributed by atoms with van der Waals surface area (Å²) in [7, 11) is 0. The van der Waals surface area contributed by atoms with Crippen molar-refractivity contribution in [3.63, 3.8) is 0 Å². The number of halogens is 1. The van der Waals surface area contributed by atoms with Crippen LogP contribution in [0.5, 0.6) is 0 Å². The van der Waals surface area contributed by atoms with E-state index in [9.17, 15) is 0 Å². The Balaban J connectivity index is 2.74. The summed E-state index contributed by atoms with van der Waals surface area (Å²) in [6.45, 7) is 5.86. The molecule has 1 nitrogen and oxygen atoms in total. The van der Waals surface area contributed by atoms with Gasteiger partial charge in [-0.1, -0.05) is 23.7 Å². The zero-order valence-electron chi connectivity index (χ0n) is 8.60. The molecular formula is C12H13ClO. The average Bonchev–Trinajstić information content (AvgIpc) is 2.06. The fraction of sp³-hybridized carbons (Fsp3) is 0.333. The van der Waals surface area contributed by atoms with Crippen molar-refractivity contribution in [2.24, 2.45) is 0 Å². The van der Waals surface area contributed by atoms with Crippen molar-refractivity contribution in [2.75, 3.05) is 0 Å². The zero-order valence-corrected chi connectivity index (χ0v) is 9.35. The van der Waals surface area contributed by atoms with Crippen LogP contribution in [0.25, 0.3) is 0 Å². The van der Waals surface area contributed by atoms with Crippen molar-refractivity contribution in [2.45, 2.75) is 26.4 Å². The lowest BCUT2D eigenvalue weighted by atomic mass is 10.2. The van der Waals surface area contributed by atoms with Gasteiger partial charge in [0.25, 0.3) is 0 Å². The molecule has 0 aromatic heterocycles. The highest BCUT2D eigenvalue weighted by molar-refractivity contribution is 6.31. The normalized spacial score (nSPS) is 10.3. The summed E-state index contributed by atoms with van der Waals surface area (Å²) < 4.78 is 5.27. The molecule has 0 aliphatic rings. The monoisotopic (exact) mass is 208 g/mol. The minimum atomic E-state index is -0.242. The van der Waals surface area contributed by atoms with Crippen LogP contribution in [-0.4, -0.2) is 5.60 Å². The Labute approximate surface area is 90.0 Å². The van der Waals surface area contributed by atoms with Gasteiger partial charge in [-0.05, 0) is 38.8 Å². The van der Waals surface area contributed by atoms with E-state index in [0.717, 1.165) is 5.56 Å². The number of hydrogen-bond acceptors (Lipinski definition) is 1. The first-order valence-electron chi connectivity index (χ1n) is 4.42. The highest BCUT2D eigenvalue weighted by Crippen LogP contribution is 2.13. The fourth-order valence-corrected chi connectivity index (χ4v) is 0.979. The molecule has 74 valence electrons. The van der Waals surface area contributed by atoms with E-state index < -0.39 is 0 Å². The maximum absolute atomic E-state index is 5.92. The largest absolute Gasteiger partial charge is 0.441 e. The van der Waals surface area contributed by atoms with Crippen LogP contribution in [0, 0.1) is 12.0 Å². The molecule has 0 heterocycles. The fourth-order valence-electron chi connectivity index (χ4n) is 0.796. The maximum Gasteiger partial charge on any atom is 0.116 e. The molecule has 0 saturated carbocycles. The van der Waals surface area contributed by atoms with Crippen LogP contribution in [-0.2, 0) is 4.74 Å². The summed E-state index contributed by atoms with van der Waals surface area (Å²) in [6, 6.07) is 7.44. The molecule has 0 saturated heterocycles. The van der Waals surface area contributed by atoms with E-state index in [1.54, 1.807) is 0 Å². The third-order valence-electron chi connectivity index (χ3n) is 1.42. The molecule has 0 atom stereocenters. The molecule has 0 radical (unpaired) electrons. The summed E-state index contributed by atoms with van der Waals surface area (Å²) >= 11 is 5.92. The Kier molecular flexibility index (Phi) is 3.43. The lowest BCUT2D eigenvalue weighted by Crippen LogP contribution is -2.15. The maximum atomic E-state index is 5.92. The Morgan fingerprint density at radius 1 is 1.21 bits per heavy atom. The predicted molar refractivity (Wildman–Crippen MR) is 59.2 cm³/mol. The molecule has 0 aliphatic carbocycles. The first-order valence-corrected chi connectivity index (χ1v) is 4.80. The van der Waals surface area contributed by atoms with Crippen molar-refractivity contribution in [3.8, 4) is 12.0 Å².